The lowest BCUT2D eigenvalue weighted by Gasteiger charge is -2.30. The molecule has 1 aromatic carbocycles. The van der Waals surface area contributed by atoms with Gasteiger partial charge in [0, 0.05) is 19.3 Å². The first kappa shape index (κ1) is 16.2. The monoisotopic (exact) mass is 331 g/mol. The van der Waals surface area contributed by atoms with Crippen molar-refractivity contribution >= 4 is 11.9 Å². The minimum Gasteiger partial charge on any atom is -0.481 e. The van der Waals surface area contributed by atoms with Crippen molar-refractivity contribution in [3.8, 4) is 5.69 Å². The Morgan fingerprint density at radius 3 is 2.71 bits per heavy atom. The molecular formula is C17H18FN3O3. The smallest absolute Gasteiger partial charge is 0.308 e. The molecule has 1 fully saturated rings. The molecule has 0 bridgehead atoms. The molecule has 1 N–H and O–H groups in total. The fourth-order valence-electron chi connectivity index (χ4n) is 2.87. The Hall–Kier alpha value is -2.70. The fraction of sp³-hybridized carbons (Fsp3) is 0.353. The van der Waals surface area contributed by atoms with Crippen LogP contribution < -0.4 is 0 Å². The average Bonchev–Trinajstić information content (AvgIpc) is 3.04. The number of carbonyl (C=O) groups excluding carboxylic acids is 1. The normalized spacial score (nSPS) is 17.7. The first-order valence-corrected chi connectivity index (χ1v) is 7.84. The molecule has 1 aliphatic rings. The van der Waals surface area contributed by atoms with Crippen LogP contribution in [0.25, 0.3) is 5.69 Å². The molecule has 126 valence electrons. The molecule has 1 atom stereocenters. The second kappa shape index (κ2) is 6.82. The molecule has 24 heavy (non-hydrogen) atoms. The lowest BCUT2D eigenvalue weighted by atomic mass is 9.98. The summed E-state index contributed by atoms with van der Waals surface area (Å²) in [5.41, 5.74) is 1.31. The maximum atomic E-state index is 13.0. The summed E-state index contributed by atoms with van der Waals surface area (Å²) in [6, 6.07) is 7.65. The van der Waals surface area contributed by atoms with E-state index in [2.05, 4.69) is 5.10 Å². The third-order valence-electron chi connectivity index (χ3n) is 4.19. The van der Waals surface area contributed by atoms with E-state index >= 15 is 0 Å². The third-order valence-corrected chi connectivity index (χ3v) is 4.19. The van der Waals surface area contributed by atoms with Crippen molar-refractivity contribution in [1.82, 2.24) is 14.7 Å². The number of hydrogen-bond donors (Lipinski definition) is 1. The summed E-state index contributed by atoms with van der Waals surface area (Å²) in [5, 5.41) is 13.4. The predicted molar refractivity (Wildman–Crippen MR) is 84.2 cm³/mol. The zero-order valence-electron chi connectivity index (χ0n) is 13.1. The zero-order valence-corrected chi connectivity index (χ0v) is 13.1. The number of halogens is 1. The van der Waals surface area contributed by atoms with Crippen LogP contribution in [-0.2, 0) is 16.0 Å². The van der Waals surface area contributed by atoms with Crippen LogP contribution in [-0.4, -0.2) is 44.8 Å². The van der Waals surface area contributed by atoms with Gasteiger partial charge in [-0.3, -0.25) is 9.59 Å². The van der Waals surface area contributed by atoms with Crippen molar-refractivity contribution in [2.45, 2.75) is 19.3 Å². The summed E-state index contributed by atoms with van der Waals surface area (Å²) in [6.07, 6.45) is 3.15. The van der Waals surface area contributed by atoms with Crippen molar-refractivity contribution in [1.29, 1.82) is 0 Å². The van der Waals surface area contributed by atoms with Gasteiger partial charge in [-0.1, -0.05) is 0 Å². The van der Waals surface area contributed by atoms with E-state index in [1.54, 1.807) is 34.0 Å². The zero-order chi connectivity index (χ0) is 17.1. The Bertz CT molecular complexity index is 742. The van der Waals surface area contributed by atoms with Gasteiger partial charge in [0.1, 0.15) is 5.82 Å². The van der Waals surface area contributed by atoms with E-state index in [1.165, 1.54) is 12.1 Å². The van der Waals surface area contributed by atoms with E-state index in [0.29, 0.717) is 30.8 Å². The standard InChI is InChI=1S/C17H18FN3O3/c18-13-3-5-15(6-4-13)21-9-7-14(19-21)10-16(22)20-8-1-2-12(11-20)17(23)24/h3-7,9,12H,1-2,8,10-11H2,(H,23,24)/t12-/m1/s1. The Morgan fingerprint density at radius 1 is 1.25 bits per heavy atom. The Labute approximate surface area is 138 Å². The average molecular weight is 331 g/mol. The molecule has 1 amide bonds. The number of carboxylic acids is 1. The quantitative estimate of drug-likeness (QED) is 0.928. The molecule has 0 saturated carbocycles. The molecule has 7 heteroatoms. The van der Waals surface area contributed by atoms with E-state index in [0.717, 1.165) is 0 Å². The minimum absolute atomic E-state index is 0.120. The first-order valence-electron chi connectivity index (χ1n) is 7.84. The van der Waals surface area contributed by atoms with Crippen molar-refractivity contribution < 1.29 is 19.1 Å². The van der Waals surface area contributed by atoms with Crippen molar-refractivity contribution in [2.75, 3.05) is 13.1 Å². The number of carboxylic acid groups (broad SMARTS) is 1. The summed E-state index contributed by atoms with van der Waals surface area (Å²) in [6.45, 7) is 0.841. The molecule has 1 aromatic heterocycles. The van der Waals surface area contributed by atoms with Gasteiger partial charge < -0.3 is 10.0 Å². The maximum Gasteiger partial charge on any atom is 0.308 e. The molecule has 0 aliphatic carbocycles. The van der Waals surface area contributed by atoms with Gasteiger partial charge in [0.2, 0.25) is 5.91 Å². The molecule has 0 radical (unpaired) electrons. The molecule has 3 rings (SSSR count). The van der Waals surface area contributed by atoms with Crippen LogP contribution in [0.2, 0.25) is 0 Å². The number of piperidine rings is 1. The number of aliphatic carboxylic acids is 1. The van der Waals surface area contributed by atoms with Crippen LogP contribution in [0.1, 0.15) is 18.5 Å². The number of benzene rings is 1. The van der Waals surface area contributed by atoms with E-state index in [-0.39, 0.29) is 24.7 Å². The van der Waals surface area contributed by atoms with Gasteiger partial charge >= 0.3 is 5.97 Å². The van der Waals surface area contributed by atoms with Gasteiger partial charge in [0.25, 0.3) is 0 Å². The lowest BCUT2D eigenvalue weighted by Crippen LogP contribution is -2.43. The van der Waals surface area contributed by atoms with Gasteiger partial charge in [-0.25, -0.2) is 9.07 Å². The van der Waals surface area contributed by atoms with E-state index in [1.807, 2.05) is 0 Å². The van der Waals surface area contributed by atoms with Crippen molar-refractivity contribution in [3.63, 3.8) is 0 Å². The fourth-order valence-corrected chi connectivity index (χ4v) is 2.87. The maximum absolute atomic E-state index is 13.0. The molecule has 6 nitrogen and oxygen atoms in total. The Kier molecular flexibility index (Phi) is 4.59. The molecule has 0 unspecified atom stereocenters. The molecule has 1 saturated heterocycles. The third kappa shape index (κ3) is 3.61. The van der Waals surface area contributed by atoms with Crippen LogP contribution in [0, 0.1) is 11.7 Å². The van der Waals surface area contributed by atoms with Crippen LogP contribution in [0.3, 0.4) is 0 Å². The van der Waals surface area contributed by atoms with Crippen LogP contribution >= 0.6 is 0 Å². The topological polar surface area (TPSA) is 75.4 Å². The Balaban J connectivity index is 1.65. The highest BCUT2D eigenvalue weighted by Crippen LogP contribution is 2.18. The number of likely N-dealkylation sites (tertiary alicyclic amines) is 1. The van der Waals surface area contributed by atoms with Crippen LogP contribution in [0.4, 0.5) is 4.39 Å². The molecule has 2 heterocycles. The highest BCUT2D eigenvalue weighted by atomic mass is 19.1. The lowest BCUT2D eigenvalue weighted by molar-refractivity contribution is -0.145. The Morgan fingerprint density at radius 2 is 2.00 bits per heavy atom. The number of nitrogens with zero attached hydrogens (tertiary/aromatic N) is 3. The number of amides is 1. The molecule has 1 aliphatic heterocycles. The number of rotatable bonds is 4. The van der Waals surface area contributed by atoms with E-state index in [9.17, 15) is 14.0 Å². The van der Waals surface area contributed by atoms with Gasteiger partial charge in [-0.2, -0.15) is 5.10 Å². The van der Waals surface area contributed by atoms with Crippen molar-refractivity contribution in [3.05, 3.63) is 48.0 Å². The number of carbonyl (C=O) groups is 2. The van der Waals surface area contributed by atoms with Crippen LogP contribution in [0.15, 0.2) is 36.5 Å². The second-order valence-electron chi connectivity index (χ2n) is 5.92. The minimum atomic E-state index is -0.854. The summed E-state index contributed by atoms with van der Waals surface area (Å²) in [7, 11) is 0. The summed E-state index contributed by atoms with van der Waals surface area (Å²) >= 11 is 0. The van der Waals surface area contributed by atoms with Gasteiger partial charge in [-0.15, -0.1) is 0 Å². The summed E-state index contributed by atoms with van der Waals surface area (Å²) < 4.78 is 14.5. The van der Waals surface area contributed by atoms with Gasteiger partial charge in [-0.05, 0) is 43.2 Å². The van der Waals surface area contributed by atoms with E-state index in [4.69, 9.17) is 5.11 Å². The summed E-state index contributed by atoms with van der Waals surface area (Å²) in [4.78, 5) is 25.0. The molecule has 0 spiro atoms. The first-order chi connectivity index (χ1) is 11.5. The number of aromatic nitrogens is 2. The van der Waals surface area contributed by atoms with Crippen molar-refractivity contribution in [2.24, 2.45) is 5.92 Å². The predicted octanol–water partition coefficient (Wildman–Crippen LogP) is 1.88. The SMILES string of the molecule is O=C(O)[C@@H]1CCCN(C(=O)Cc2ccn(-c3ccc(F)cc3)n2)C1. The molecular weight excluding hydrogens is 313 g/mol. The molecule has 2 aromatic rings. The second-order valence-corrected chi connectivity index (χ2v) is 5.92. The number of hydrogen-bond acceptors (Lipinski definition) is 3. The highest BCUT2D eigenvalue weighted by Gasteiger charge is 2.28. The largest absolute Gasteiger partial charge is 0.481 e. The van der Waals surface area contributed by atoms with Gasteiger partial charge in [0.15, 0.2) is 0 Å². The summed E-state index contributed by atoms with van der Waals surface area (Å²) in [5.74, 6) is -1.78. The van der Waals surface area contributed by atoms with E-state index < -0.39 is 11.9 Å². The highest BCUT2D eigenvalue weighted by molar-refractivity contribution is 5.79. The van der Waals surface area contributed by atoms with Crippen LogP contribution in [0.5, 0.6) is 0 Å². The van der Waals surface area contributed by atoms with Gasteiger partial charge in [0.05, 0.1) is 23.7 Å².